The Morgan fingerprint density at radius 1 is 1.10 bits per heavy atom. The average molecular weight is 337 g/mol. The summed E-state index contributed by atoms with van der Waals surface area (Å²) in [6.45, 7) is 0. The van der Waals surface area contributed by atoms with E-state index in [1.54, 1.807) is 30.0 Å². The molecule has 5 heteroatoms. The van der Waals surface area contributed by atoms with E-state index in [-0.39, 0.29) is 5.56 Å². The van der Waals surface area contributed by atoms with Crippen molar-refractivity contribution in [2.75, 3.05) is 6.26 Å². The quantitative estimate of drug-likeness (QED) is 0.480. The van der Waals surface area contributed by atoms with Gasteiger partial charge >= 0.3 is 5.97 Å². The van der Waals surface area contributed by atoms with Gasteiger partial charge in [-0.05, 0) is 52.7 Å². The molecule has 2 nitrogen and oxygen atoms in total. The van der Waals surface area contributed by atoms with Gasteiger partial charge in [0, 0.05) is 15.3 Å². The van der Waals surface area contributed by atoms with Gasteiger partial charge in [0.1, 0.15) is 0 Å². The van der Waals surface area contributed by atoms with Crippen LogP contribution in [0.5, 0.6) is 0 Å². The van der Waals surface area contributed by atoms with Crippen molar-refractivity contribution in [2.45, 2.75) is 4.90 Å². The standard InChI is InChI=1S/C16H10Cl2O2S/c1-21-10-2-3-11-12(7-10)15-8(5-13(11)16(19)20)4-9(17)6-14(15)18/h2-7H,1H3,(H,19,20). The molecule has 0 spiro atoms. The smallest absolute Gasteiger partial charge is 0.336 e. The lowest BCUT2D eigenvalue weighted by Crippen LogP contribution is -1.98. The maximum absolute atomic E-state index is 11.5. The Kier molecular flexibility index (Phi) is 3.74. The van der Waals surface area contributed by atoms with Gasteiger partial charge in [0.15, 0.2) is 0 Å². The first-order chi connectivity index (χ1) is 10.0. The molecule has 3 aromatic carbocycles. The van der Waals surface area contributed by atoms with Crippen molar-refractivity contribution < 1.29 is 9.90 Å². The van der Waals surface area contributed by atoms with E-state index in [4.69, 9.17) is 23.2 Å². The summed E-state index contributed by atoms with van der Waals surface area (Å²) in [7, 11) is 0. The minimum Gasteiger partial charge on any atom is -0.478 e. The summed E-state index contributed by atoms with van der Waals surface area (Å²) in [5.41, 5.74) is 0.253. The lowest BCUT2D eigenvalue weighted by molar-refractivity contribution is 0.0699. The van der Waals surface area contributed by atoms with Gasteiger partial charge in [0.2, 0.25) is 0 Å². The molecule has 0 aliphatic carbocycles. The van der Waals surface area contributed by atoms with Gasteiger partial charge in [-0.25, -0.2) is 4.79 Å². The Morgan fingerprint density at radius 3 is 2.52 bits per heavy atom. The minimum absolute atomic E-state index is 0.253. The molecule has 21 heavy (non-hydrogen) atoms. The van der Waals surface area contributed by atoms with E-state index in [9.17, 15) is 9.90 Å². The second-order valence-corrected chi connectivity index (χ2v) is 6.35. The number of fused-ring (bicyclic) bond motifs is 3. The van der Waals surface area contributed by atoms with Crippen LogP contribution in [0.1, 0.15) is 10.4 Å². The maximum atomic E-state index is 11.5. The third kappa shape index (κ3) is 2.46. The number of thioether (sulfide) groups is 1. The molecule has 0 radical (unpaired) electrons. The number of hydrogen-bond donors (Lipinski definition) is 1. The molecule has 0 unspecified atom stereocenters. The molecule has 3 aromatic rings. The van der Waals surface area contributed by atoms with Crippen LogP contribution in [-0.4, -0.2) is 17.3 Å². The summed E-state index contributed by atoms with van der Waals surface area (Å²) < 4.78 is 0. The van der Waals surface area contributed by atoms with E-state index >= 15 is 0 Å². The molecule has 0 atom stereocenters. The van der Waals surface area contributed by atoms with Gasteiger partial charge in [-0.15, -0.1) is 11.8 Å². The Hall–Kier alpha value is -1.42. The number of carbonyl (C=O) groups is 1. The summed E-state index contributed by atoms with van der Waals surface area (Å²) in [6.07, 6.45) is 1.98. The lowest BCUT2D eigenvalue weighted by Gasteiger charge is -2.11. The number of hydrogen-bond acceptors (Lipinski definition) is 2. The van der Waals surface area contributed by atoms with Crippen molar-refractivity contribution in [1.82, 2.24) is 0 Å². The zero-order chi connectivity index (χ0) is 15.1. The van der Waals surface area contributed by atoms with Crippen LogP contribution in [0.15, 0.2) is 41.3 Å². The van der Waals surface area contributed by atoms with E-state index in [0.717, 1.165) is 21.1 Å². The van der Waals surface area contributed by atoms with Gasteiger partial charge in [0.25, 0.3) is 0 Å². The summed E-state index contributed by atoms with van der Waals surface area (Å²) >= 11 is 14.0. The molecule has 0 heterocycles. The number of carboxylic acids is 1. The van der Waals surface area contributed by atoms with Crippen molar-refractivity contribution >= 4 is 62.5 Å². The predicted octanol–water partition coefficient (Wildman–Crippen LogP) is 5.72. The van der Waals surface area contributed by atoms with Crippen molar-refractivity contribution in [3.8, 4) is 0 Å². The highest BCUT2D eigenvalue weighted by molar-refractivity contribution is 7.98. The summed E-state index contributed by atoms with van der Waals surface area (Å²) in [5, 5.41) is 13.5. The third-order valence-corrected chi connectivity index (χ3v) is 4.64. The number of benzene rings is 3. The van der Waals surface area contributed by atoms with Crippen LogP contribution in [0.25, 0.3) is 21.5 Å². The number of aromatic carboxylic acids is 1. The normalized spacial score (nSPS) is 11.2. The average Bonchev–Trinajstić information content (AvgIpc) is 2.44. The van der Waals surface area contributed by atoms with Crippen LogP contribution >= 0.6 is 35.0 Å². The van der Waals surface area contributed by atoms with Crippen LogP contribution in [0.4, 0.5) is 0 Å². The Morgan fingerprint density at radius 2 is 1.86 bits per heavy atom. The Bertz CT molecular complexity index is 890. The van der Waals surface area contributed by atoms with E-state index < -0.39 is 5.97 Å². The molecular formula is C16H10Cl2O2S. The Labute approximate surface area is 135 Å². The molecule has 3 rings (SSSR count). The van der Waals surface area contributed by atoms with Crippen LogP contribution in [0.3, 0.4) is 0 Å². The highest BCUT2D eigenvalue weighted by Crippen LogP contribution is 2.37. The molecule has 106 valence electrons. The van der Waals surface area contributed by atoms with Gasteiger partial charge in [-0.2, -0.15) is 0 Å². The fourth-order valence-corrected chi connectivity index (χ4v) is 3.54. The summed E-state index contributed by atoms with van der Waals surface area (Å²) in [5.74, 6) is -0.963. The predicted molar refractivity (Wildman–Crippen MR) is 90.2 cm³/mol. The third-order valence-electron chi connectivity index (χ3n) is 3.40. The topological polar surface area (TPSA) is 37.3 Å². The Balaban J connectivity index is 2.57. The molecule has 0 aliphatic heterocycles. The molecular weight excluding hydrogens is 327 g/mol. The van der Waals surface area contributed by atoms with Crippen LogP contribution in [0.2, 0.25) is 10.0 Å². The first kappa shape index (κ1) is 14.5. The summed E-state index contributed by atoms with van der Waals surface area (Å²) in [4.78, 5) is 12.6. The van der Waals surface area contributed by atoms with Crippen molar-refractivity contribution in [3.05, 3.63) is 52.0 Å². The lowest BCUT2D eigenvalue weighted by atomic mass is 9.97. The second kappa shape index (κ2) is 5.41. The number of rotatable bonds is 2. The number of halogens is 2. The van der Waals surface area contributed by atoms with E-state index in [2.05, 4.69) is 0 Å². The highest BCUT2D eigenvalue weighted by Gasteiger charge is 2.15. The molecule has 0 bridgehead atoms. The van der Waals surface area contributed by atoms with Gasteiger partial charge in [-0.1, -0.05) is 29.3 Å². The largest absolute Gasteiger partial charge is 0.478 e. The van der Waals surface area contributed by atoms with Crippen molar-refractivity contribution in [1.29, 1.82) is 0 Å². The zero-order valence-electron chi connectivity index (χ0n) is 11.0. The van der Waals surface area contributed by atoms with Gasteiger partial charge in [-0.3, -0.25) is 0 Å². The number of carboxylic acid groups (broad SMARTS) is 1. The summed E-state index contributed by atoms with van der Waals surface area (Å²) in [6, 6.07) is 10.7. The van der Waals surface area contributed by atoms with E-state index in [1.807, 2.05) is 24.5 Å². The molecule has 0 saturated heterocycles. The fraction of sp³-hybridized carbons (Fsp3) is 0.0625. The monoisotopic (exact) mass is 336 g/mol. The van der Waals surface area contributed by atoms with Crippen molar-refractivity contribution in [2.24, 2.45) is 0 Å². The van der Waals surface area contributed by atoms with Gasteiger partial charge < -0.3 is 5.11 Å². The molecule has 0 fully saturated rings. The SMILES string of the molecule is CSc1ccc2c(C(=O)O)cc3cc(Cl)cc(Cl)c3c2c1. The van der Waals surface area contributed by atoms with Crippen LogP contribution in [0, 0.1) is 0 Å². The van der Waals surface area contributed by atoms with E-state index in [1.165, 1.54) is 0 Å². The second-order valence-electron chi connectivity index (χ2n) is 4.63. The molecule has 0 aromatic heterocycles. The van der Waals surface area contributed by atoms with Crippen LogP contribution < -0.4 is 0 Å². The molecule has 0 aliphatic rings. The molecule has 0 amide bonds. The molecule has 1 N–H and O–H groups in total. The van der Waals surface area contributed by atoms with Gasteiger partial charge in [0.05, 0.1) is 10.6 Å². The first-order valence-corrected chi connectivity index (χ1v) is 8.12. The maximum Gasteiger partial charge on any atom is 0.336 e. The minimum atomic E-state index is -0.963. The molecule has 0 saturated carbocycles. The fourth-order valence-electron chi connectivity index (χ4n) is 2.49. The van der Waals surface area contributed by atoms with Crippen LogP contribution in [-0.2, 0) is 0 Å². The highest BCUT2D eigenvalue weighted by atomic mass is 35.5. The van der Waals surface area contributed by atoms with E-state index in [0.29, 0.717) is 15.4 Å². The zero-order valence-corrected chi connectivity index (χ0v) is 13.3. The first-order valence-electron chi connectivity index (χ1n) is 6.14. The van der Waals surface area contributed by atoms with Crippen molar-refractivity contribution in [3.63, 3.8) is 0 Å².